The summed E-state index contributed by atoms with van der Waals surface area (Å²) in [6, 6.07) is 9.05. The number of nitrogens with zero attached hydrogens (tertiary/aromatic N) is 1. The molecule has 2 amide bonds. The summed E-state index contributed by atoms with van der Waals surface area (Å²) >= 11 is 0. The van der Waals surface area contributed by atoms with Crippen molar-refractivity contribution in [2.45, 2.75) is 49.6 Å². The summed E-state index contributed by atoms with van der Waals surface area (Å²) in [6.07, 6.45) is 0.0761. The number of nitrogens with one attached hydrogen (secondary N) is 1. The Morgan fingerprint density at radius 3 is 2.52 bits per heavy atom. The zero-order valence-corrected chi connectivity index (χ0v) is 16.3. The summed E-state index contributed by atoms with van der Waals surface area (Å²) in [5.74, 6) is -1.76. The number of rotatable bonds is 5. The molecule has 7 nitrogen and oxygen atoms in total. The fourth-order valence-corrected chi connectivity index (χ4v) is 5.41. The molecule has 2 saturated heterocycles. The lowest BCUT2D eigenvalue weighted by atomic mass is 9.89. The number of carbonyl (C=O) groups is 3. The van der Waals surface area contributed by atoms with Crippen molar-refractivity contribution in [1.82, 2.24) is 10.2 Å². The quantitative estimate of drug-likeness (QED) is 0.464. The molecular weight excluding hydrogens is 368 g/mol. The molecule has 0 radical (unpaired) electrons. The lowest BCUT2D eigenvalue weighted by Crippen LogP contribution is -2.75. The third kappa shape index (κ3) is 2.79. The number of esters is 1. The molecule has 8 heteroatoms. The summed E-state index contributed by atoms with van der Waals surface area (Å²) in [5.41, 5.74) is -0.915. The molecule has 0 aliphatic carbocycles. The van der Waals surface area contributed by atoms with Gasteiger partial charge in [0.1, 0.15) is 12.0 Å². The van der Waals surface area contributed by atoms with Gasteiger partial charge in [0, 0.05) is 5.57 Å². The van der Waals surface area contributed by atoms with Gasteiger partial charge in [-0.25, -0.2) is 4.79 Å². The molecule has 3 atom stereocenters. The number of benzene rings is 1. The summed E-state index contributed by atoms with van der Waals surface area (Å²) < 4.78 is 17.2. The highest BCUT2D eigenvalue weighted by Crippen LogP contribution is 2.49. The first-order chi connectivity index (χ1) is 12.6. The first-order valence-corrected chi connectivity index (χ1v) is 9.76. The Morgan fingerprint density at radius 2 is 1.96 bits per heavy atom. The fourth-order valence-electron chi connectivity index (χ4n) is 3.44. The van der Waals surface area contributed by atoms with Crippen LogP contribution in [0, 0.1) is 0 Å². The maximum atomic E-state index is 13.2. The first kappa shape index (κ1) is 19.3. The van der Waals surface area contributed by atoms with Crippen molar-refractivity contribution in [3.05, 3.63) is 48.0 Å². The van der Waals surface area contributed by atoms with Crippen LogP contribution in [0.3, 0.4) is 0 Å². The molecule has 144 valence electrons. The molecule has 0 saturated carbocycles. The van der Waals surface area contributed by atoms with Gasteiger partial charge in [-0.05, 0) is 26.3 Å². The maximum Gasteiger partial charge on any atom is 0.355 e. The van der Waals surface area contributed by atoms with Crippen molar-refractivity contribution in [2.24, 2.45) is 0 Å². The van der Waals surface area contributed by atoms with E-state index in [1.165, 1.54) is 11.8 Å². The fraction of sp³-hybridized carbons (Fsp3) is 0.421. The van der Waals surface area contributed by atoms with Crippen LogP contribution in [0.5, 0.6) is 0 Å². The van der Waals surface area contributed by atoms with Crippen LogP contribution < -0.4 is 5.32 Å². The molecule has 2 aliphatic heterocycles. The van der Waals surface area contributed by atoms with Gasteiger partial charge in [-0.3, -0.25) is 18.7 Å². The van der Waals surface area contributed by atoms with E-state index in [0.717, 1.165) is 5.56 Å². The zero-order chi connectivity index (χ0) is 20.0. The highest BCUT2D eigenvalue weighted by Gasteiger charge is 2.74. The van der Waals surface area contributed by atoms with E-state index in [2.05, 4.69) is 11.9 Å². The van der Waals surface area contributed by atoms with Gasteiger partial charge in [0.25, 0.3) is 0 Å². The van der Waals surface area contributed by atoms with Crippen LogP contribution in [0.15, 0.2) is 42.5 Å². The second-order valence-corrected chi connectivity index (χ2v) is 9.40. The number of β-lactam (4-membered cyclic amide) rings is 1. The minimum atomic E-state index is -1.84. The Bertz CT molecular complexity index is 851. The minimum absolute atomic E-state index is 0.0280. The van der Waals surface area contributed by atoms with Crippen molar-refractivity contribution in [2.75, 3.05) is 0 Å². The Hall–Kier alpha value is -2.48. The molecule has 2 aliphatic rings. The highest BCUT2D eigenvalue weighted by atomic mass is 32.2. The van der Waals surface area contributed by atoms with Gasteiger partial charge in [-0.1, -0.05) is 36.9 Å². The Kier molecular flexibility index (Phi) is 4.71. The number of ether oxygens (including phenoxy) is 1. The standard InChI is InChI=1S/C19H22N2O5S/c1-12(2)16(23)20-19(17(24)26-11-13-8-6-5-7-9-13)18(3,4)27(25)15-10-14(22)21(15)19/h5-9,15H,1,10-11H2,2-4H3,(H,20,23)/t15-,19+,27?/m1/s1. The Morgan fingerprint density at radius 1 is 1.33 bits per heavy atom. The largest absolute Gasteiger partial charge is 0.458 e. The van der Waals surface area contributed by atoms with Crippen molar-refractivity contribution >= 4 is 28.6 Å². The van der Waals surface area contributed by atoms with Crippen LogP contribution >= 0.6 is 0 Å². The van der Waals surface area contributed by atoms with Gasteiger partial charge in [-0.2, -0.15) is 0 Å². The van der Waals surface area contributed by atoms with E-state index < -0.39 is 38.5 Å². The average Bonchev–Trinajstić information content (AvgIpc) is 2.75. The van der Waals surface area contributed by atoms with Crippen LogP contribution in [0.1, 0.15) is 32.8 Å². The van der Waals surface area contributed by atoms with Crippen LogP contribution in [-0.4, -0.2) is 42.7 Å². The van der Waals surface area contributed by atoms with Gasteiger partial charge < -0.3 is 10.1 Å². The molecule has 3 rings (SSSR count). The third-order valence-electron chi connectivity index (χ3n) is 5.08. The molecule has 27 heavy (non-hydrogen) atoms. The number of carbonyl (C=O) groups excluding carboxylic acids is 3. The molecule has 2 fully saturated rings. The molecule has 0 aromatic heterocycles. The predicted molar refractivity (Wildman–Crippen MR) is 99.4 cm³/mol. The van der Waals surface area contributed by atoms with E-state index in [1.54, 1.807) is 26.0 Å². The molecule has 1 aromatic carbocycles. The maximum absolute atomic E-state index is 13.2. The Balaban J connectivity index is 1.99. The van der Waals surface area contributed by atoms with Crippen molar-refractivity contribution in [1.29, 1.82) is 0 Å². The molecule has 0 spiro atoms. The smallest absolute Gasteiger partial charge is 0.355 e. The van der Waals surface area contributed by atoms with E-state index >= 15 is 0 Å². The predicted octanol–water partition coefficient (Wildman–Crippen LogP) is 1.22. The number of fused-ring (bicyclic) bond motifs is 1. The van der Waals surface area contributed by atoms with Crippen molar-refractivity contribution < 1.29 is 23.3 Å². The molecule has 1 N–H and O–H groups in total. The van der Waals surface area contributed by atoms with Gasteiger partial charge in [0.05, 0.1) is 22.0 Å². The van der Waals surface area contributed by atoms with Crippen LogP contribution in [0.25, 0.3) is 0 Å². The van der Waals surface area contributed by atoms with Crippen LogP contribution in [0.2, 0.25) is 0 Å². The molecule has 0 bridgehead atoms. The molecule has 1 unspecified atom stereocenters. The first-order valence-electron chi connectivity index (χ1n) is 8.55. The zero-order valence-electron chi connectivity index (χ0n) is 15.5. The summed E-state index contributed by atoms with van der Waals surface area (Å²) in [7, 11) is -1.55. The molecular formula is C19H22N2O5S. The number of amides is 2. The topological polar surface area (TPSA) is 92.8 Å². The normalized spacial score (nSPS) is 28.1. The lowest BCUT2D eigenvalue weighted by molar-refractivity contribution is -0.178. The van der Waals surface area contributed by atoms with E-state index in [9.17, 15) is 18.6 Å². The molecule has 2 heterocycles. The third-order valence-corrected chi connectivity index (χ3v) is 7.25. The highest BCUT2D eigenvalue weighted by molar-refractivity contribution is 7.87. The summed E-state index contributed by atoms with van der Waals surface area (Å²) in [6.45, 7) is 8.24. The average molecular weight is 390 g/mol. The van der Waals surface area contributed by atoms with Gasteiger partial charge >= 0.3 is 5.97 Å². The van der Waals surface area contributed by atoms with Crippen molar-refractivity contribution in [3.63, 3.8) is 0 Å². The molecule has 1 aromatic rings. The van der Waals surface area contributed by atoms with E-state index in [0.29, 0.717) is 0 Å². The van der Waals surface area contributed by atoms with Gasteiger partial charge in [0.15, 0.2) is 0 Å². The number of hydrogen-bond donors (Lipinski definition) is 1. The van der Waals surface area contributed by atoms with E-state index in [1.807, 2.05) is 18.2 Å². The SMILES string of the molecule is C=C(C)C(=O)N[C@@]1(C(=O)OCc2ccccc2)N2C(=O)C[C@H]2S(=O)C1(C)C. The monoisotopic (exact) mass is 390 g/mol. The summed E-state index contributed by atoms with van der Waals surface area (Å²) in [5, 5.41) is 1.99. The Labute approximate surface area is 160 Å². The van der Waals surface area contributed by atoms with Crippen molar-refractivity contribution in [3.8, 4) is 0 Å². The minimum Gasteiger partial charge on any atom is -0.458 e. The summed E-state index contributed by atoms with van der Waals surface area (Å²) in [4.78, 5) is 39.1. The van der Waals surface area contributed by atoms with Crippen LogP contribution in [-0.2, 0) is 36.5 Å². The number of hydrogen-bond acceptors (Lipinski definition) is 5. The second-order valence-electron chi connectivity index (χ2n) is 7.24. The van der Waals surface area contributed by atoms with Crippen LogP contribution in [0.4, 0.5) is 0 Å². The van der Waals surface area contributed by atoms with Gasteiger partial charge in [-0.15, -0.1) is 0 Å². The van der Waals surface area contributed by atoms with E-state index in [4.69, 9.17) is 4.74 Å². The lowest BCUT2D eigenvalue weighted by Gasteiger charge is -2.46. The van der Waals surface area contributed by atoms with E-state index in [-0.39, 0.29) is 24.5 Å². The van der Waals surface area contributed by atoms with Gasteiger partial charge in [0.2, 0.25) is 17.5 Å². The second kappa shape index (κ2) is 6.60.